The fourth-order valence-corrected chi connectivity index (χ4v) is 2.92. The van der Waals surface area contributed by atoms with Gasteiger partial charge in [-0.1, -0.05) is 56.3 Å². The Morgan fingerprint density at radius 2 is 1.76 bits per heavy atom. The summed E-state index contributed by atoms with van der Waals surface area (Å²) in [6.07, 6.45) is 2.00. The molecule has 0 fully saturated rings. The number of hydrogen-bond donors (Lipinski definition) is 0. The average Bonchev–Trinajstić information content (AvgIpc) is 2.47. The van der Waals surface area contributed by atoms with Gasteiger partial charge < -0.3 is 9.69 Å². The lowest BCUT2D eigenvalue weighted by Gasteiger charge is -2.34. The minimum atomic E-state index is -0.408. The van der Waals surface area contributed by atoms with Crippen LogP contribution in [0.2, 0.25) is 0 Å². The maximum absolute atomic E-state index is 12.0. The highest BCUT2D eigenvalue weighted by Crippen LogP contribution is 2.35. The molecule has 2 aromatic carbocycles. The Hall–Kier alpha value is -1.67. The normalized spacial score (nSPS) is 14.6. The third kappa shape index (κ3) is 3.16. The fraction of sp³-hybridized carbons (Fsp3) is 0.421. The van der Waals surface area contributed by atoms with Crippen LogP contribution in [0.5, 0.6) is 0 Å². The first-order valence-electron chi connectivity index (χ1n) is 7.60. The van der Waals surface area contributed by atoms with E-state index in [9.17, 15) is 4.79 Å². The van der Waals surface area contributed by atoms with Crippen molar-refractivity contribution in [3.8, 4) is 0 Å². The largest absolute Gasteiger partial charge is 0.309 e. The average molecular weight is 283 g/mol. The Balaban J connectivity index is 2.49. The van der Waals surface area contributed by atoms with Gasteiger partial charge in [-0.15, -0.1) is 0 Å². The van der Waals surface area contributed by atoms with E-state index in [1.165, 1.54) is 10.8 Å². The Morgan fingerprint density at radius 3 is 2.33 bits per heavy atom. The zero-order valence-corrected chi connectivity index (χ0v) is 13.5. The van der Waals surface area contributed by atoms with Crippen LogP contribution in [0.1, 0.15) is 25.8 Å². The molecule has 0 aliphatic heterocycles. The van der Waals surface area contributed by atoms with Crippen molar-refractivity contribution in [3.63, 3.8) is 0 Å². The van der Waals surface area contributed by atoms with Crippen LogP contribution in [-0.4, -0.2) is 31.8 Å². The number of hydrogen-bond acceptors (Lipinski definition) is 2. The molecule has 0 radical (unpaired) electrons. The second-order valence-electron chi connectivity index (χ2n) is 6.43. The Kier molecular flexibility index (Phi) is 4.79. The molecule has 0 aliphatic carbocycles. The smallest absolute Gasteiger partial charge is 0.130 e. The molecule has 2 rings (SSSR count). The zero-order valence-electron chi connectivity index (χ0n) is 13.5. The van der Waals surface area contributed by atoms with Crippen LogP contribution in [0.4, 0.5) is 0 Å². The molecule has 0 N–H and O–H groups in total. The first kappa shape index (κ1) is 15.7. The molecule has 2 aromatic rings. The lowest BCUT2D eigenvalue weighted by molar-refractivity contribution is -0.114. The Bertz CT molecular complexity index is 618. The first-order chi connectivity index (χ1) is 9.99. The summed E-state index contributed by atoms with van der Waals surface area (Å²) < 4.78 is 0. The van der Waals surface area contributed by atoms with Gasteiger partial charge in [0.05, 0.1) is 5.41 Å². The van der Waals surface area contributed by atoms with Gasteiger partial charge in [0.2, 0.25) is 0 Å². The zero-order chi connectivity index (χ0) is 15.5. The van der Waals surface area contributed by atoms with Gasteiger partial charge in [0, 0.05) is 0 Å². The molecule has 0 saturated heterocycles. The molecule has 0 amide bonds. The van der Waals surface area contributed by atoms with Crippen molar-refractivity contribution in [3.05, 3.63) is 48.0 Å². The highest BCUT2D eigenvalue weighted by Gasteiger charge is 2.35. The van der Waals surface area contributed by atoms with Crippen LogP contribution in [-0.2, 0) is 10.2 Å². The molecule has 21 heavy (non-hydrogen) atoms. The van der Waals surface area contributed by atoms with Crippen molar-refractivity contribution in [2.45, 2.75) is 25.7 Å². The number of carbonyl (C=O) groups excluding carboxylic acids is 1. The number of rotatable bonds is 6. The minimum absolute atomic E-state index is 0.274. The summed E-state index contributed by atoms with van der Waals surface area (Å²) in [6.45, 7) is 5.18. The Morgan fingerprint density at radius 1 is 1.10 bits per heavy atom. The topological polar surface area (TPSA) is 20.3 Å². The summed E-state index contributed by atoms with van der Waals surface area (Å²) in [6, 6.07) is 14.7. The molecule has 2 nitrogen and oxygen atoms in total. The van der Waals surface area contributed by atoms with E-state index >= 15 is 0 Å². The van der Waals surface area contributed by atoms with E-state index in [0.29, 0.717) is 0 Å². The van der Waals surface area contributed by atoms with E-state index in [-0.39, 0.29) is 5.92 Å². The van der Waals surface area contributed by atoms with E-state index in [0.717, 1.165) is 24.8 Å². The number of fused-ring (bicyclic) bond motifs is 1. The van der Waals surface area contributed by atoms with Crippen molar-refractivity contribution in [2.75, 3.05) is 20.6 Å². The number of carbonyl (C=O) groups is 1. The molecule has 0 heterocycles. The highest BCUT2D eigenvalue weighted by molar-refractivity contribution is 5.84. The van der Waals surface area contributed by atoms with E-state index in [4.69, 9.17) is 0 Å². The highest BCUT2D eigenvalue weighted by atomic mass is 16.1. The summed E-state index contributed by atoms with van der Waals surface area (Å²) in [7, 11) is 4.10. The van der Waals surface area contributed by atoms with Crippen LogP contribution in [0, 0.1) is 5.92 Å². The monoisotopic (exact) mass is 283 g/mol. The van der Waals surface area contributed by atoms with Crippen LogP contribution in [0.3, 0.4) is 0 Å². The van der Waals surface area contributed by atoms with Crippen molar-refractivity contribution in [1.82, 2.24) is 4.90 Å². The first-order valence-corrected chi connectivity index (χ1v) is 7.60. The molecule has 112 valence electrons. The van der Waals surface area contributed by atoms with Crippen molar-refractivity contribution >= 4 is 17.1 Å². The molecular formula is C19H25NO. The maximum atomic E-state index is 12.0. The van der Waals surface area contributed by atoms with Gasteiger partial charge in [0.25, 0.3) is 0 Å². The summed E-state index contributed by atoms with van der Waals surface area (Å²) in [5.41, 5.74) is 0.724. The predicted octanol–water partition coefficient (Wildman–Crippen LogP) is 3.88. The quantitative estimate of drug-likeness (QED) is 0.750. The van der Waals surface area contributed by atoms with Gasteiger partial charge in [-0.05, 0) is 49.3 Å². The second-order valence-corrected chi connectivity index (χ2v) is 6.43. The molecule has 0 aliphatic rings. The molecule has 1 unspecified atom stereocenters. The molecule has 0 spiro atoms. The van der Waals surface area contributed by atoms with Gasteiger partial charge in [0.1, 0.15) is 6.29 Å². The molecular weight excluding hydrogens is 258 g/mol. The molecule has 2 heteroatoms. The van der Waals surface area contributed by atoms with Crippen molar-refractivity contribution in [2.24, 2.45) is 5.92 Å². The van der Waals surface area contributed by atoms with Gasteiger partial charge in [-0.25, -0.2) is 0 Å². The molecule has 0 aromatic heterocycles. The fourth-order valence-electron chi connectivity index (χ4n) is 2.92. The SMILES string of the molecule is CC(C)C(C=O)(CCN(C)C)c1ccc2ccccc2c1. The van der Waals surface area contributed by atoms with Crippen LogP contribution in [0.25, 0.3) is 10.8 Å². The van der Waals surface area contributed by atoms with E-state index < -0.39 is 5.41 Å². The van der Waals surface area contributed by atoms with Gasteiger partial charge in [-0.2, -0.15) is 0 Å². The number of aldehydes is 1. The van der Waals surface area contributed by atoms with Gasteiger partial charge in [0.15, 0.2) is 0 Å². The summed E-state index contributed by atoms with van der Waals surface area (Å²) in [5.74, 6) is 0.274. The molecule has 1 atom stereocenters. The van der Waals surface area contributed by atoms with E-state index in [2.05, 4.69) is 63.2 Å². The van der Waals surface area contributed by atoms with E-state index in [1.807, 2.05) is 12.1 Å². The van der Waals surface area contributed by atoms with Gasteiger partial charge in [-0.3, -0.25) is 0 Å². The second kappa shape index (κ2) is 6.40. The summed E-state index contributed by atoms with van der Waals surface area (Å²) in [4.78, 5) is 14.1. The van der Waals surface area contributed by atoms with E-state index in [1.54, 1.807) is 0 Å². The molecule has 0 saturated carbocycles. The van der Waals surface area contributed by atoms with Crippen LogP contribution >= 0.6 is 0 Å². The lowest BCUT2D eigenvalue weighted by Crippen LogP contribution is -2.37. The minimum Gasteiger partial charge on any atom is -0.309 e. The summed E-state index contributed by atoms with van der Waals surface area (Å²) >= 11 is 0. The number of nitrogens with zero attached hydrogens (tertiary/aromatic N) is 1. The maximum Gasteiger partial charge on any atom is 0.130 e. The predicted molar refractivity (Wildman–Crippen MR) is 89.7 cm³/mol. The third-order valence-corrected chi connectivity index (χ3v) is 4.50. The third-order valence-electron chi connectivity index (χ3n) is 4.50. The summed E-state index contributed by atoms with van der Waals surface area (Å²) in [5, 5.41) is 2.42. The van der Waals surface area contributed by atoms with Gasteiger partial charge >= 0.3 is 0 Å². The van der Waals surface area contributed by atoms with Crippen molar-refractivity contribution < 1.29 is 4.79 Å². The van der Waals surface area contributed by atoms with Crippen LogP contribution < -0.4 is 0 Å². The van der Waals surface area contributed by atoms with Crippen molar-refractivity contribution in [1.29, 1.82) is 0 Å². The standard InChI is InChI=1S/C19H25NO/c1-15(2)19(14-21,11-12-20(3)4)18-10-9-16-7-5-6-8-17(16)13-18/h5-10,13-15H,11-12H2,1-4H3. The number of benzene rings is 2. The lowest BCUT2D eigenvalue weighted by atomic mass is 9.70. The molecule has 0 bridgehead atoms. The van der Waals surface area contributed by atoms with Crippen LogP contribution in [0.15, 0.2) is 42.5 Å². The Labute approximate surface area is 127 Å².